The van der Waals surface area contributed by atoms with Crippen molar-refractivity contribution in [2.45, 2.75) is 79.2 Å². The molecule has 40 heavy (non-hydrogen) atoms. The number of hydrogen-bond donors (Lipinski definition) is 1. The molecule has 222 valence electrons. The minimum absolute atomic E-state index is 0.0761. The van der Waals surface area contributed by atoms with Gasteiger partial charge in [0.1, 0.15) is 0 Å². The lowest BCUT2D eigenvalue weighted by Crippen LogP contribution is -2.47. The van der Waals surface area contributed by atoms with Gasteiger partial charge in [0, 0.05) is 38.3 Å². The van der Waals surface area contributed by atoms with Crippen LogP contribution in [0.5, 0.6) is 0 Å². The average molecular weight is 552 g/mol. The number of aliphatic carboxylic acids is 1. The number of hydrogen-bond acceptors (Lipinski definition) is 4. The van der Waals surface area contributed by atoms with E-state index in [1.54, 1.807) is 4.90 Å². The van der Waals surface area contributed by atoms with E-state index in [2.05, 4.69) is 102 Å². The number of piperazine rings is 1. The van der Waals surface area contributed by atoms with E-state index in [1.807, 2.05) is 4.90 Å². The number of carbonyl (C=O) groups is 2. The Morgan fingerprint density at radius 2 is 1.45 bits per heavy atom. The highest BCUT2D eigenvalue weighted by molar-refractivity contribution is 5.69. The van der Waals surface area contributed by atoms with Crippen molar-refractivity contribution < 1.29 is 14.7 Å². The number of carboxylic acid groups (broad SMARTS) is 1. The van der Waals surface area contributed by atoms with Gasteiger partial charge in [-0.2, -0.15) is 0 Å². The van der Waals surface area contributed by atoms with E-state index < -0.39 is 5.97 Å². The summed E-state index contributed by atoms with van der Waals surface area (Å²) in [5.74, 6) is 1.01. The molecule has 2 aliphatic heterocycles. The van der Waals surface area contributed by atoms with E-state index in [0.29, 0.717) is 31.7 Å². The van der Waals surface area contributed by atoms with Crippen LogP contribution >= 0.6 is 0 Å². The van der Waals surface area contributed by atoms with Crippen LogP contribution in [0.25, 0.3) is 0 Å². The number of amides is 1. The smallest absolute Gasteiger partial charge is 0.317 e. The Labute approximate surface area is 243 Å². The Morgan fingerprint density at radius 1 is 0.875 bits per heavy atom. The lowest BCUT2D eigenvalue weighted by atomic mass is 10.1. The Kier molecular flexibility index (Phi) is 13.9. The molecule has 1 unspecified atom stereocenters. The minimum atomic E-state index is -0.811. The number of nitrogens with zero attached hydrogens (tertiary/aromatic N) is 3. The predicted molar refractivity (Wildman–Crippen MR) is 166 cm³/mol. The Hall–Kier alpha value is -2.70. The second kappa shape index (κ2) is 16.5. The third-order valence-electron chi connectivity index (χ3n) is 7.59. The second-order valence-corrected chi connectivity index (χ2v) is 12.7. The van der Waals surface area contributed by atoms with Gasteiger partial charge < -0.3 is 10.0 Å². The van der Waals surface area contributed by atoms with Gasteiger partial charge in [-0.15, -0.1) is 0 Å². The molecule has 0 radical (unpaired) electrons. The van der Waals surface area contributed by atoms with Crippen LogP contribution in [-0.4, -0.2) is 83.5 Å². The van der Waals surface area contributed by atoms with Crippen LogP contribution in [0.15, 0.2) is 48.5 Å². The standard InChI is InChI=1S/C10H12.C9H19N.C8H10.C7H12N2O3/c1-8-2-4-9(5-3-8)10-6-7-10;1-8-5-6-10(7-8)9(2,3)4;1-7-4-3-5-8(2)6-7;10-6-9-3-1-8(2-4-9)5-7(11)12/h2-5,10H,6-7H2,1H3;8H,5-7H2,1-4H3;3-6H,1-2H3;6H,1-5H2,(H,11,12). The van der Waals surface area contributed by atoms with Gasteiger partial charge in [0.05, 0.1) is 6.54 Å². The number of benzene rings is 2. The monoisotopic (exact) mass is 551 g/mol. The molecule has 6 heteroatoms. The molecule has 0 spiro atoms. The molecule has 2 saturated heterocycles. The van der Waals surface area contributed by atoms with E-state index in [4.69, 9.17) is 5.11 Å². The number of likely N-dealkylation sites (tertiary alicyclic amines) is 1. The van der Waals surface area contributed by atoms with Crippen molar-refractivity contribution >= 4 is 12.4 Å². The van der Waals surface area contributed by atoms with Gasteiger partial charge >= 0.3 is 5.97 Å². The van der Waals surface area contributed by atoms with Crippen LogP contribution in [0.2, 0.25) is 0 Å². The van der Waals surface area contributed by atoms with E-state index in [9.17, 15) is 9.59 Å². The molecule has 2 aromatic rings. The summed E-state index contributed by atoms with van der Waals surface area (Å²) in [6, 6.07) is 17.4. The lowest BCUT2D eigenvalue weighted by molar-refractivity contribution is -0.138. The highest BCUT2D eigenvalue weighted by Crippen LogP contribution is 2.39. The van der Waals surface area contributed by atoms with Crippen molar-refractivity contribution in [1.82, 2.24) is 14.7 Å². The van der Waals surface area contributed by atoms with Crippen molar-refractivity contribution in [3.63, 3.8) is 0 Å². The first kappa shape index (κ1) is 33.5. The molecule has 0 bridgehead atoms. The molecular weight excluding hydrogens is 498 g/mol. The maximum Gasteiger partial charge on any atom is 0.317 e. The molecular formula is C34H53N3O3. The predicted octanol–water partition coefficient (Wildman–Crippen LogP) is 6.15. The summed E-state index contributed by atoms with van der Waals surface area (Å²) in [6.45, 7) is 20.8. The third kappa shape index (κ3) is 13.6. The number of aryl methyl sites for hydroxylation is 3. The van der Waals surface area contributed by atoms with E-state index in [1.165, 1.54) is 54.6 Å². The molecule has 5 rings (SSSR count). The molecule has 3 fully saturated rings. The summed E-state index contributed by atoms with van der Waals surface area (Å²) < 4.78 is 0. The molecule has 1 N–H and O–H groups in total. The summed E-state index contributed by atoms with van der Waals surface area (Å²) >= 11 is 0. The summed E-state index contributed by atoms with van der Waals surface area (Å²) in [5.41, 5.74) is 5.97. The normalized spacial score (nSPS) is 19.3. The molecule has 1 saturated carbocycles. The lowest BCUT2D eigenvalue weighted by Gasteiger charge is -2.31. The van der Waals surface area contributed by atoms with E-state index in [-0.39, 0.29) is 6.54 Å². The zero-order valence-corrected chi connectivity index (χ0v) is 26.0. The van der Waals surface area contributed by atoms with E-state index >= 15 is 0 Å². The summed E-state index contributed by atoms with van der Waals surface area (Å²) in [7, 11) is 0. The first-order valence-electron chi connectivity index (χ1n) is 14.9. The molecule has 0 aromatic heterocycles. The van der Waals surface area contributed by atoms with Crippen LogP contribution in [0.1, 0.15) is 75.1 Å². The van der Waals surface area contributed by atoms with Gasteiger partial charge in [0.2, 0.25) is 6.41 Å². The summed E-state index contributed by atoms with van der Waals surface area (Å²) in [6.07, 6.45) is 5.00. The maximum atomic E-state index is 10.3. The maximum absolute atomic E-state index is 10.3. The van der Waals surface area contributed by atoms with Crippen molar-refractivity contribution in [2.24, 2.45) is 5.92 Å². The SMILES string of the molecule is CC1CCN(C(C)(C)C)C1.Cc1ccc(C2CC2)cc1.Cc1cccc(C)c1.O=CN1CCN(CC(=O)O)CC1. The van der Waals surface area contributed by atoms with Crippen LogP contribution < -0.4 is 0 Å². The van der Waals surface area contributed by atoms with Gasteiger partial charge in [-0.25, -0.2) is 0 Å². The fourth-order valence-corrected chi connectivity index (χ4v) is 4.82. The zero-order chi connectivity index (χ0) is 29.7. The van der Waals surface area contributed by atoms with Gasteiger partial charge in [0.25, 0.3) is 0 Å². The molecule has 2 heterocycles. The Morgan fingerprint density at radius 3 is 1.80 bits per heavy atom. The molecule has 1 aliphatic carbocycles. The number of carboxylic acids is 1. The van der Waals surface area contributed by atoms with Crippen LogP contribution in [0.3, 0.4) is 0 Å². The summed E-state index contributed by atoms with van der Waals surface area (Å²) in [4.78, 5) is 26.6. The van der Waals surface area contributed by atoms with Crippen molar-refractivity contribution in [2.75, 3.05) is 45.8 Å². The Bertz CT molecular complexity index is 1000. The molecule has 1 atom stereocenters. The zero-order valence-electron chi connectivity index (χ0n) is 26.0. The summed E-state index contributed by atoms with van der Waals surface area (Å²) in [5, 5.41) is 8.46. The fourth-order valence-electron chi connectivity index (χ4n) is 4.82. The number of rotatable bonds is 4. The quantitative estimate of drug-likeness (QED) is 0.462. The largest absolute Gasteiger partial charge is 0.480 e. The third-order valence-corrected chi connectivity index (χ3v) is 7.59. The molecule has 2 aromatic carbocycles. The first-order chi connectivity index (χ1) is 18.9. The van der Waals surface area contributed by atoms with Crippen LogP contribution in [0.4, 0.5) is 0 Å². The second-order valence-electron chi connectivity index (χ2n) is 12.7. The highest BCUT2D eigenvalue weighted by atomic mass is 16.4. The van der Waals surface area contributed by atoms with Crippen molar-refractivity contribution in [3.05, 3.63) is 70.8 Å². The first-order valence-corrected chi connectivity index (χ1v) is 14.9. The van der Waals surface area contributed by atoms with Crippen molar-refractivity contribution in [3.8, 4) is 0 Å². The topological polar surface area (TPSA) is 64.1 Å². The minimum Gasteiger partial charge on any atom is -0.480 e. The molecule has 3 aliphatic rings. The highest BCUT2D eigenvalue weighted by Gasteiger charge is 2.27. The van der Waals surface area contributed by atoms with Gasteiger partial charge in [-0.1, -0.05) is 72.1 Å². The molecule has 6 nitrogen and oxygen atoms in total. The average Bonchev–Trinajstić information content (AvgIpc) is 3.64. The van der Waals surface area contributed by atoms with Crippen LogP contribution in [-0.2, 0) is 9.59 Å². The van der Waals surface area contributed by atoms with Crippen molar-refractivity contribution in [1.29, 1.82) is 0 Å². The van der Waals surface area contributed by atoms with Gasteiger partial charge in [0.15, 0.2) is 0 Å². The molecule has 1 amide bonds. The number of carbonyl (C=O) groups excluding carboxylic acids is 1. The fraction of sp³-hybridized carbons (Fsp3) is 0.588. The van der Waals surface area contributed by atoms with E-state index in [0.717, 1.165) is 18.2 Å². The van der Waals surface area contributed by atoms with Gasteiger partial charge in [-0.05, 0) is 84.7 Å². The van der Waals surface area contributed by atoms with Crippen LogP contribution in [0, 0.1) is 26.7 Å². The van der Waals surface area contributed by atoms with Gasteiger partial charge in [-0.3, -0.25) is 19.4 Å². The Balaban J connectivity index is 0.000000188.